The Morgan fingerprint density at radius 1 is 1.38 bits per heavy atom. The van der Waals surface area contributed by atoms with Crippen LogP contribution in [0.2, 0.25) is 0 Å². The lowest BCUT2D eigenvalue weighted by atomic mass is 10.0. The Hall–Kier alpha value is -0.610. The molecule has 0 aromatic carbocycles. The fourth-order valence-electron chi connectivity index (χ4n) is 2.44. The molecule has 1 aliphatic carbocycles. The van der Waals surface area contributed by atoms with Crippen LogP contribution in [0.15, 0.2) is 0 Å². The molecule has 2 rings (SSSR count). The van der Waals surface area contributed by atoms with E-state index < -0.39 is 0 Å². The lowest BCUT2D eigenvalue weighted by Gasteiger charge is -2.11. The minimum Gasteiger partial charge on any atom is -0.461 e. The number of esters is 1. The summed E-state index contributed by atoms with van der Waals surface area (Å²) in [5.74, 6) is 1.17. The van der Waals surface area contributed by atoms with Crippen LogP contribution < -0.4 is 11.1 Å². The van der Waals surface area contributed by atoms with Crippen LogP contribution in [0.4, 0.5) is 0 Å². The van der Waals surface area contributed by atoms with E-state index in [1.165, 1.54) is 0 Å². The molecule has 13 heavy (non-hydrogen) atoms. The Balaban J connectivity index is 1.82. The van der Waals surface area contributed by atoms with Crippen molar-refractivity contribution in [3.05, 3.63) is 0 Å². The van der Waals surface area contributed by atoms with Crippen LogP contribution in [0.5, 0.6) is 0 Å². The summed E-state index contributed by atoms with van der Waals surface area (Å²) >= 11 is 0. The van der Waals surface area contributed by atoms with E-state index in [9.17, 15) is 4.79 Å². The van der Waals surface area contributed by atoms with E-state index in [2.05, 4.69) is 5.32 Å². The first-order valence-corrected chi connectivity index (χ1v) is 4.90. The highest BCUT2D eigenvalue weighted by Gasteiger charge is 2.38. The highest BCUT2D eigenvalue weighted by molar-refractivity contribution is 5.71. The smallest absolute Gasteiger partial charge is 0.319 e. The summed E-state index contributed by atoms with van der Waals surface area (Å²) in [6.07, 6.45) is 2.17. The quantitative estimate of drug-likeness (QED) is 0.567. The average molecular weight is 184 g/mol. The number of hydrogen-bond acceptors (Lipinski definition) is 4. The van der Waals surface area contributed by atoms with Crippen molar-refractivity contribution in [3.8, 4) is 0 Å². The molecule has 0 aromatic heterocycles. The van der Waals surface area contributed by atoms with E-state index in [-0.39, 0.29) is 18.6 Å². The van der Waals surface area contributed by atoms with Gasteiger partial charge in [-0.2, -0.15) is 0 Å². The van der Waals surface area contributed by atoms with Crippen LogP contribution in [0, 0.1) is 11.8 Å². The number of nitrogens with one attached hydrogen (secondary N) is 1. The van der Waals surface area contributed by atoms with Crippen LogP contribution in [-0.4, -0.2) is 31.7 Å². The van der Waals surface area contributed by atoms with Crippen molar-refractivity contribution in [2.45, 2.75) is 18.9 Å². The van der Waals surface area contributed by atoms with Crippen molar-refractivity contribution in [3.63, 3.8) is 0 Å². The molecule has 1 saturated carbocycles. The van der Waals surface area contributed by atoms with Crippen LogP contribution >= 0.6 is 0 Å². The molecule has 2 atom stereocenters. The van der Waals surface area contributed by atoms with Gasteiger partial charge in [0.1, 0.15) is 6.10 Å². The predicted octanol–water partition coefficient (Wildman–Crippen LogP) is -0.514. The molecule has 0 radical (unpaired) electrons. The summed E-state index contributed by atoms with van der Waals surface area (Å²) in [4.78, 5) is 10.9. The van der Waals surface area contributed by atoms with Gasteiger partial charge in [0.25, 0.3) is 0 Å². The van der Waals surface area contributed by atoms with Gasteiger partial charge in [0.05, 0.1) is 6.54 Å². The largest absolute Gasteiger partial charge is 0.461 e. The van der Waals surface area contributed by atoms with Gasteiger partial charge in [0, 0.05) is 0 Å². The molecular weight excluding hydrogens is 168 g/mol. The zero-order chi connectivity index (χ0) is 9.26. The number of fused-ring (bicyclic) bond motifs is 1. The zero-order valence-electron chi connectivity index (χ0n) is 7.66. The topological polar surface area (TPSA) is 64.4 Å². The standard InChI is InChI=1S/C9H16N2O2/c10-3-9(12)13-8-1-6-4-11-5-7(6)2-8/h6-8,11H,1-5,10H2. The lowest BCUT2D eigenvalue weighted by molar-refractivity contribution is -0.147. The van der Waals surface area contributed by atoms with Crippen molar-refractivity contribution in [2.24, 2.45) is 17.6 Å². The number of nitrogens with two attached hydrogens (primary N) is 1. The van der Waals surface area contributed by atoms with Gasteiger partial charge in [0.15, 0.2) is 0 Å². The molecule has 1 heterocycles. The summed E-state index contributed by atoms with van der Waals surface area (Å²) in [6, 6.07) is 0. The maximum Gasteiger partial charge on any atom is 0.319 e. The lowest BCUT2D eigenvalue weighted by Crippen LogP contribution is -2.24. The molecule has 0 bridgehead atoms. The number of carbonyl (C=O) groups is 1. The molecule has 1 aliphatic heterocycles. The molecule has 2 aliphatic rings. The Kier molecular flexibility index (Phi) is 2.51. The van der Waals surface area contributed by atoms with Gasteiger partial charge in [0.2, 0.25) is 0 Å². The normalized spacial score (nSPS) is 37.5. The van der Waals surface area contributed by atoms with Gasteiger partial charge in [-0.3, -0.25) is 4.79 Å². The third kappa shape index (κ3) is 1.84. The van der Waals surface area contributed by atoms with Crippen LogP contribution in [0.1, 0.15) is 12.8 Å². The molecular formula is C9H16N2O2. The van der Waals surface area contributed by atoms with E-state index in [4.69, 9.17) is 10.5 Å². The van der Waals surface area contributed by atoms with Crippen LogP contribution in [0.3, 0.4) is 0 Å². The molecule has 0 aromatic rings. The first-order chi connectivity index (χ1) is 6.29. The van der Waals surface area contributed by atoms with Crippen molar-refractivity contribution in [1.82, 2.24) is 5.32 Å². The van der Waals surface area contributed by atoms with Gasteiger partial charge in [-0.05, 0) is 37.8 Å². The number of hydrogen-bond donors (Lipinski definition) is 2. The average Bonchev–Trinajstić information content (AvgIpc) is 2.63. The fourth-order valence-corrected chi connectivity index (χ4v) is 2.44. The molecule has 74 valence electrons. The minimum atomic E-state index is -0.266. The highest BCUT2D eigenvalue weighted by Crippen LogP contribution is 2.35. The van der Waals surface area contributed by atoms with Gasteiger partial charge < -0.3 is 15.8 Å². The molecule has 4 heteroatoms. The first kappa shape index (κ1) is 8.97. The summed E-state index contributed by atoms with van der Waals surface area (Å²) < 4.78 is 5.21. The van der Waals surface area contributed by atoms with Crippen LogP contribution in [0.25, 0.3) is 0 Å². The molecule has 2 fully saturated rings. The fraction of sp³-hybridized carbons (Fsp3) is 0.889. The monoisotopic (exact) mass is 184 g/mol. The molecule has 1 saturated heterocycles. The van der Waals surface area contributed by atoms with Gasteiger partial charge in [-0.1, -0.05) is 0 Å². The summed E-state index contributed by atoms with van der Waals surface area (Å²) in [5, 5.41) is 3.35. The van der Waals surface area contributed by atoms with Gasteiger partial charge >= 0.3 is 5.97 Å². The molecule has 3 N–H and O–H groups in total. The maximum atomic E-state index is 10.9. The summed E-state index contributed by atoms with van der Waals surface area (Å²) in [6.45, 7) is 2.17. The summed E-state index contributed by atoms with van der Waals surface area (Å²) in [5.41, 5.74) is 5.18. The maximum absolute atomic E-state index is 10.9. The molecule has 4 nitrogen and oxygen atoms in total. The van der Waals surface area contributed by atoms with Crippen molar-refractivity contribution >= 4 is 5.97 Å². The van der Waals surface area contributed by atoms with Crippen molar-refractivity contribution < 1.29 is 9.53 Å². The minimum absolute atomic E-state index is 0.00405. The second kappa shape index (κ2) is 3.64. The van der Waals surface area contributed by atoms with E-state index in [0.717, 1.165) is 37.8 Å². The highest BCUT2D eigenvalue weighted by atomic mass is 16.5. The zero-order valence-corrected chi connectivity index (χ0v) is 7.66. The second-order valence-electron chi connectivity index (χ2n) is 3.97. The molecule has 0 amide bonds. The Morgan fingerprint density at radius 2 is 2.00 bits per heavy atom. The van der Waals surface area contributed by atoms with Crippen LogP contribution in [-0.2, 0) is 9.53 Å². The Morgan fingerprint density at radius 3 is 2.54 bits per heavy atom. The van der Waals surface area contributed by atoms with E-state index >= 15 is 0 Å². The third-order valence-corrected chi connectivity index (χ3v) is 3.08. The van der Waals surface area contributed by atoms with Gasteiger partial charge in [-0.15, -0.1) is 0 Å². The SMILES string of the molecule is NCC(=O)OC1CC2CNCC2C1. The number of rotatable bonds is 2. The third-order valence-electron chi connectivity index (χ3n) is 3.08. The van der Waals surface area contributed by atoms with E-state index in [1.54, 1.807) is 0 Å². The van der Waals surface area contributed by atoms with Gasteiger partial charge in [-0.25, -0.2) is 0 Å². The molecule has 0 spiro atoms. The Bertz CT molecular complexity index is 196. The second-order valence-corrected chi connectivity index (χ2v) is 3.97. The van der Waals surface area contributed by atoms with E-state index in [0.29, 0.717) is 0 Å². The van der Waals surface area contributed by atoms with E-state index in [1.807, 2.05) is 0 Å². The first-order valence-electron chi connectivity index (χ1n) is 4.90. The van der Waals surface area contributed by atoms with Crippen molar-refractivity contribution in [2.75, 3.05) is 19.6 Å². The predicted molar refractivity (Wildman–Crippen MR) is 48.0 cm³/mol. The van der Waals surface area contributed by atoms with Crippen molar-refractivity contribution in [1.29, 1.82) is 0 Å². The number of carbonyl (C=O) groups excluding carboxylic acids is 1. The Labute approximate surface area is 77.8 Å². The number of ether oxygens (including phenoxy) is 1. The summed E-state index contributed by atoms with van der Waals surface area (Å²) in [7, 11) is 0. The molecule has 2 unspecified atom stereocenters.